The predicted octanol–water partition coefficient (Wildman–Crippen LogP) is 10.7. The molecule has 0 spiro atoms. The number of pyridine rings is 1. The molecule has 0 amide bonds. The van der Waals surface area contributed by atoms with E-state index in [9.17, 15) is 0 Å². The number of benzene rings is 5. The quantitative estimate of drug-likeness (QED) is 0.222. The van der Waals surface area contributed by atoms with E-state index >= 15 is 0 Å². The van der Waals surface area contributed by atoms with Gasteiger partial charge in [-0.3, -0.25) is 0 Å². The topological polar surface area (TPSA) is 12.9 Å². The van der Waals surface area contributed by atoms with E-state index in [4.69, 9.17) is 4.98 Å². The van der Waals surface area contributed by atoms with Gasteiger partial charge >= 0.3 is 0 Å². The van der Waals surface area contributed by atoms with Crippen molar-refractivity contribution < 1.29 is 0 Å². The second-order valence-corrected chi connectivity index (χ2v) is 10.9. The highest BCUT2D eigenvalue weighted by Crippen LogP contribution is 2.36. The molecule has 0 unspecified atom stereocenters. The molecule has 0 aliphatic heterocycles. The van der Waals surface area contributed by atoms with Gasteiger partial charge < -0.3 is 0 Å². The van der Waals surface area contributed by atoms with Gasteiger partial charge in [0.15, 0.2) is 0 Å². The molecule has 0 fully saturated rings. The van der Waals surface area contributed by atoms with Crippen molar-refractivity contribution in [1.29, 1.82) is 0 Å². The first kappa shape index (κ1) is 25.5. The van der Waals surface area contributed by atoms with Gasteiger partial charge in [-0.1, -0.05) is 107 Å². The average molecular weight is 516 g/mol. The Kier molecular flexibility index (Phi) is 6.88. The molecular weight excluding hydrogens is 482 g/mol. The van der Waals surface area contributed by atoms with Crippen LogP contribution in [0.25, 0.3) is 55.9 Å². The molecule has 0 saturated heterocycles. The second kappa shape index (κ2) is 10.8. The average Bonchev–Trinajstić information content (AvgIpc) is 2.97. The summed E-state index contributed by atoms with van der Waals surface area (Å²) < 4.78 is 0. The summed E-state index contributed by atoms with van der Waals surface area (Å²) in [6.07, 6.45) is 0. The van der Waals surface area contributed by atoms with Crippen LogP contribution in [0.15, 0.2) is 127 Å². The molecule has 0 saturated carbocycles. The van der Waals surface area contributed by atoms with Crippen LogP contribution in [-0.4, -0.2) is 4.98 Å². The van der Waals surface area contributed by atoms with E-state index < -0.39 is 0 Å². The Bertz CT molecular complexity index is 1680. The summed E-state index contributed by atoms with van der Waals surface area (Å²) in [5, 5.41) is 0. The van der Waals surface area contributed by atoms with E-state index in [0.717, 1.165) is 28.1 Å². The van der Waals surface area contributed by atoms with Gasteiger partial charge in [0.1, 0.15) is 0 Å². The van der Waals surface area contributed by atoms with Gasteiger partial charge in [0.25, 0.3) is 0 Å². The van der Waals surface area contributed by atoms with Gasteiger partial charge in [-0.25, -0.2) is 4.98 Å². The number of aryl methyl sites for hydroxylation is 4. The molecule has 1 nitrogen and oxygen atoms in total. The van der Waals surface area contributed by atoms with Crippen molar-refractivity contribution >= 4 is 0 Å². The third-order valence-corrected chi connectivity index (χ3v) is 7.49. The normalized spacial score (nSPS) is 11.0. The molecule has 0 atom stereocenters. The van der Waals surface area contributed by atoms with Crippen molar-refractivity contribution in [3.05, 3.63) is 150 Å². The number of nitrogens with zero attached hydrogens (tertiary/aromatic N) is 1. The van der Waals surface area contributed by atoms with Crippen molar-refractivity contribution in [2.75, 3.05) is 0 Å². The van der Waals surface area contributed by atoms with Gasteiger partial charge in [-0.15, -0.1) is 0 Å². The minimum absolute atomic E-state index is 0.982. The summed E-state index contributed by atoms with van der Waals surface area (Å²) in [6, 6.07) is 46.3. The van der Waals surface area contributed by atoms with Crippen molar-refractivity contribution in [2.24, 2.45) is 0 Å². The maximum absolute atomic E-state index is 5.16. The number of hydrogen-bond donors (Lipinski definition) is 0. The smallest absolute Gasteiger partial charge is 0.0715 e. The zero-order valence-corrected chi connectivity index (χ0v) is 23.6. The van der Waals surface area contributed by atoms with Crippen molar-refractivity contribution in [3.8, 4) is 55.9 Å². The second-order valence-electron chi connectivity index (χ2n) is 10.9. The first-order chi connectivity index (χ1) is 19.4. The fraction of sp³-hybridized carbons (Fsp3) is 0.103. The lowest BCUT2D eigenvalue weighted by molar-refractivity contribution is 1.31. The minimum atomic E-state index is 0.982. The molecule has 0 bridgehead atoms. The molecule has 6 aromatic rings. The van der Waals surface area contributed by atoms with Gasteiger partial charge in [0, 0.05) is 11.1 Å². The van der Waals surface area contributed by atoms with Crippen molar-refractivity contribution in [2.45, 2.75) is 27.7 Å². The molecule has 0 aliphatic rings. The Labute approximate surface area is 237 Å². The van der Waals surface area contributed by atoms with E-state index in [1.165, 1.54) is 50.1 Å². The highest BCUT2D eigenvalue weighted by Gasteiger charge is 2.13. The lowest BCUT2D eigenvalue weighted by atomic mass is 9.92. The summed E-state index contributed by atoms with van der Waals surface area (Å²) in [6.45, 7) is 8.53. The first-order valence-electron chi connectivity index (χ1n) is 13.9. The number of aromatic nitrogens is 1. The van der Waals surface area contributed by atoms with E-state index in [1.54, 1.807) is 0 Å². The van der Waals surface area contributed by atoms with Crippen molar-refractivity contribution in [1.82, 2.24) is 4.98 Å². The summed E-state index contributed by atoms with van der Waals surface area (Å²) in [4.78, 5) is 5.16. The van der Waals surface area contributed by atoms with Crippen LogP contribution in [0.3, 0.4) is 0 Å². The molecule has 194 valence electrons. The van der Waals surface area contributed by atoms with Gasteiger partial charge in [-0.2, -0.15) is 0 Å². The van der Waals surface area contributed by atoms with Gasteiger partial charge in [0.05, 0.1) is 11.4 Å². The standard InChI is InChI=1S/C39H33N/c1-26-11-15-30(16-12-26)34-21-35(31-17-13-27(2)14-18-31)23-36(22-34)37-24-38(32-9-5-7-28(3)19-32)40-39(25-37)33-10-6-8-29(4)20-33/h5-25H,1-4H3. The van der Waals surface area contributed by atoms with Crippen LogP contribution in [0.5, 0.6) is 0 Å². The van der Waals surface area contributed by atoms with E-state index in [0.29, 0.717) is 0 Å². The highest BCUT2D eigenvalue weighted by molar-refractivity contribution is 5.84. The minimum Gasteiger partial charge on any atom is -0.248 e. The third kappa shape index (κ3) is 5.51. The summed E-state index contributed by atoms with van der Waals surface area (Å²) in [5.41, 5.74) is 16.4. The molecule has 5 aromatic carbocycles. The van der Waals surface area contributed by atoms with E-state index in [1.807, 2.05) is 0 Å². The van der Waals surface area contributed by atoms with E-state index in [2.05, 4.69) is 155 Å². The Morgan fingerprint density at radius 2 is 0.675 bits per heavy atom. The van der Waals surface area contributed by atoms with Crippen LogP contribution in [0.4, 0.5) is 0 Å². The van der Waals surface area contributed by atoms with Crippen LogP contribution in [0.1, 0.15) is 22.3 Å². The fourth-order valence-corrected chi connectivity index (χ4v) is 5.22. The van der Waals surface area contributed by atoms with Crippen LogP contribution in [0, 0.1) is 27.7 Å². The molecule has 0 N–H and O–H groups in total. The molecule has 1 aromatic heterocycles. The molecule has 40 heavy (non-hydrogen) atoms. The lowest BCUT2D eigenvalue weighted by Crippen LogP contribution is -1.93. The van der Waals surface area contributed by atoms with Crippen molar-refractivity contribution in [3.63, 3.8) is 0 Å². The number of rotatable bonds is 5. The zero-order chi connectivity index (χ0) is 27.6. The molecule has 1 heteroatoms. The highest BCUT2D eigenvalue weighted by atomic mass is 14.7. The Balaban J connectivity index is 1.59. The molecular formula is C39H33N. The zero-order valence-electron chi connectivity index (χ0n) is 23.6. The van der Waals surface area contributed by atoms with Crippen LogP contribution < -0.4 is 0 Å². The summed E-state index contributed by atoms with van der Waals surface area (Å²) in [7, 11) is 0. The largest absolute Gasteiger partial charge is 0.248 e. The third-order valence-electron chi connectivity index (χ3n) is 7.49. The monoisotopic (exact) mass is 515 g/mol. The summed E-state index contributed by atoms with van der Waals surface area (Å²) >= 11 is 0. The lowest BCUT2D eigenvalue weighted by Gasteiger charge is -2.14. The Hall–Kier alpha value is -4.75. The Morgan fingerprint density at radius 1 is 0.300 bits per heavy atom. The molecule has 0 radical (unpaired) electrons. The predicted molar refractivity (Wildman–Crippen MR) is 170 cm³/mol. The number of hydrogen-bond acceptors (Lipinski definition) is 1. The fourth-order valence-electron chi connectivity index (χ4n) is 5.22. The maximum atomic E-state index is 5.16. The molecule has 6 rings (SSSR count). The molecule has 1 heterocycles. The van der Waals surface area contributed by atoms with E-state index in [-0.39, 0.29) is 0 Å². The van der Waals surface area contributed by atoms with Crippen LogP contribution in [-0.2, 0) is 0 Å². The van der Waals surface area contributed by atoms with Crippen LogP contribution in [0.2, 0.25) is 0 Å². The first-order valence-corrected chi connectivity index (χ1v) is 13.9. The van der Waals surface area contributed by atoms with Crippen LogP contribution >= 0.6 is 0 Å². The SMILES string of the molecule is Cc1ccc(-c2cc(-c3ccc(C)cc3)cc(-c3cc(-c4cccc(C)c4)nc(-c4cccc(C)c4)c3)c2)cc1. The summed E-state index contributed by atoms with van der Waals surface area (Å²) in [5.74, 6) is 0. The molecule has 0 aliphatic carbocycles. The Morgan fingerprint density at radius 3 is 1.07 bits per heavy atom. The van der Waals surface area contributed by atoms with Gasteiger partial charge in [0.2, 0.25) is 0 Å². The van der Waals surface area contributed by atoms with Gasteiger partial charge in [-0.05, 0) is 104 Å². The maximum Gasteiger partial charge on any atom is 0.0715 e.